The second kappa shape index (κ2) is 9.88. The molecule has 0 radical (unpaired) electrons. The summed E-state index contributed by atoms with van der Waals surface area (Å²) in [6, 6.07) is 9.13. The molecule has 8 heteroatoms. The number of benzene rings is 1. The Bertz CT molecular complexity index is 1500. The molecule has 0 spiro atoms. The zero-order chi connectivity index (χ0) is 24.4. The molecule has 0 aliphatic heterocycles. The number of pyridine rings is 1. The zero-order valence-electron chi connectivity index (χ0n) is 19.4. The average Bonchev–Trinajstić information content (AvgIpc) is 3.20. The highest BCUT2D eigenvalue weighted by molar-refractivity contribution is 7.15. The first-order valence-electron chi connectivity index (χ1n) is 10.9. The molecule has 0 amide bonds. The molecule has 1 N–H and O–H groups in total. The lowest BCUT2D eigenvalue weighted by Crippen LogP contribution is -2.41. The number of thiazole rings is 1. The van der Waals surface area contributed by atoms with Crippen LogP contribution in [0.3, 0.4) is 0 Å². The SMILES string of the molecule is CCOc1cc(C#CC(C)C)cc(-c2c(O)[n+](Cc3cnc(Cl)s3)c3c(C)cccn3c2=O)c1. The number of hydrogen-bond donors (Lipinski definition) is 1. The maximum absolute atomic E-state index is 13.6. The lowest BCUT2D eigenvalue weighted by atomic mass is 10.0. The van der Waals surface area contributed by atoms with Crippen molar-refractivity contribution in [3.63, 3.8) is 0 Å². The molecule has 0 unspecified atom stereocenters. The van der Waals surface area contributed by atoms with Crippen LogP contribution in [0.1, 0.15) is 36.8 Å². The molecule has 0 fully saturated rings. The first-order valence-corrected chi connectivity index (χ1v) is 12.1. The van der Waals surface area contributed by atoms with E-state index in [-0.39, 0.29) is 22.9 Å². The van der Waals surface area contributed by atoms with Gasteiger partial charge in [0.2, 0.25) is 0 Å². The summed E-state index contributed by atoms with van der Waals surface area (Å²) in [4.78, 5) is 18.6. The van der Waals surface area contributed by atoms with Gasteiger partial charge in [0.15, 0.2) is 10.0 Å². The van der Waals surface area contributed by atoms with E-state index >= 15 is 0 Å². The van der Waals surface area contributed by atoms with Crippen molar-refractivity contribution in [3.8, 4) is 34.6 Å². The minimum absolute atomic E-state index is 0.139. The monoisotopic (exact) mass is 494 g/mol. The van der Waals surface area contributed by atoms with E-state index in [1.807, 2.05) is 52.0 Å². The van der Waals surface area contributed by atoms with Crippen LogP contribution < -0.4 is 14.9 Å². The van der Waals surface area contributed by atoms with Crippen LogP contribution in [0.5, 0.6) is 11.6 Å². The second-order valence-electron chi connectivity index (χ2n) is 8.16. The van der Waals surface area contributed by atoms with Crippen molar-refractivity contribution in [2.75, 3.05) is 6.61 Å². The van der Waals surface area contributed by atoms with Crippen molar-refractivity contribution < 1.29 is 14.4 Å². The van der Waals surface area contributed by atoms with Gasteiger partial charge in [-0.1, -0.05) is 37.3 Å². The highest BCUT2D eigenvalue weighted by atomic mass is 35.5. The number of hydrogen-bond acceptors (Lipinski definition) is 5. The second-order valence-corrected chi connectivity index (χ2v) is 9.85. The number of aryl methyl sites for hydroxylation is 1. The van der Waals surface area contributed by atoms with E-state index < -0.39 is 0 Å². The van der Waals surface area contributed by atoms with Gasteiger partial charge < -0.3 is 9.84 Å². The van der Waals surface area contributed by atoms with Crippen LogP contribution in [-0.2, 0) is 6.54 Å². The Morgan fingerprint density at radius 1 is 1.32 bits per heavy atom. The van der Waals surface area contributed by atoms with Crippen LogP contribution in [0.25, 0.3) is 16.8 Å². The predicted octanol–water partition coefficient (Wildman–Crippen LogP) is 4.83. The number of aromatic hydroxyl groups is 1. The molecule has 0 saturated heterocycles. The molecule has 0 bridgehead atoms. The summed E-state index contributed by atoms with van der Waals surface area (Å²) < 4.78 is 9.43. The number of aromatic nitrogens is 3. The fraction of sp³-hybridized carbons (Fsp3) is 0.269. The zero-order valence-corrected chi connectivity index (χ0v) is 21.0. The largest absolute Gasteiger partial charge is 0.494 e. The summed E-state index contributed by atoms with van der Waals surface area (Å²) in [5.41, 5.74) is 2.54. The van der Waals surface area contributed by atoms with Crippen molar-refractivity contribution in [1.29, 1.82) is 0 Å². The number of rotatable bonds is 5. The summed E-state index contributed by atoms with van der Waals surface area (Å²) in [7, 11) is 0. The van der Waals surface area contributed by atoms with Crippen LogP contribution in [0.15, 0.2) is 47.5 Å². The van der Waals surface area contributed by atoms with E-state index in [1.165, 1.54) is 11.3 Å². The fourth-order valence-corrected chi connectivity index (χ4v) is 4.74. The lowest BCUT2D eigenvalue weighted by molar-refractivity contribution is -0.671. The van der Waals surface area contributed by atoms with Crippen LogP contribution in [0, 0.1) is 24.7 Å². The average molecular weight is 495 g/mol. The van der Waals surface area contributed by atoms with Gasteiger partial charge in [-0.25, -0.2) is 9.78 Å². The third-order valence-corrected chi connectivity index (χ3v) is 6.28. The third kappa shape index (κ3) is 4.79. The smallest absolute Gasteiger partial charge is 0.354 e. The molecule has 4 aromatic rings. The van der Waals surface area contributed by atoms with Gasteiger partial charge in [0, 0.05) is 28.8 Å². The minimum Gasteiger partial charge on any atom is -0.494 e. The summed E-state index contributed by atoms with van der Waals surface area (Å²) in [6.07, 6.45) is 3.38. The van der Waals surface area contributed by atoms with E-state index in [4.69, 9.17) is 16.3 Å². The Balaban J connectivity index is 2.02. The van der Waals surface area contributed by atoms with Crippen molar-refractivity contribution in [1.82, 2.24) is 9.38 Å². The number of nitrogens with zero attached hydrogens (tertiary/aromatic N) is 3. The van der Waals surface area contributed by atoms with E-state index in [0.717, 1.165) is 10.4 Å². The molecule has 3 heterocycles. The van der Waals surface area contributed by atoms with Crippen LogP contribution in [-0.4, -0.2) is 21.1 Å². The van der Waals surface area contributed by atoms with E-state index in [1.54, 1.807) is 27.4 Å². The molecular weight excluding hydrogens is 470 g/mol. The molecule has 1 aromatic carbocycles. The van der Waals surface area contributed by atoms with Gasteiger partial charge in [-0.05, 0) is 44.2 Å². The lowest BCUT2D eigenvalue weighted by Gasteiger charge is -2.12. The molecule has 34 heavy (non-hydrogen) atoms. The van der Waals surface area contributed by atoms with Crippen molar-refractivity contribution >= 4 is 28.6 Å². The molecule has 0 saturated carbocycles. The normalized spacial score (nSPS) is 11.0. The van der Waals surface area contributed by atoms with Crippen molar-refractivity contribution in [2.24, 2.45) is 5.92 Å². The Hall–Kier alpha value is -3.34. The maximum Gasteiger partial charge on any atom is 0.354 e. The summed E-state index contributed by atoms with van der Waals surface area (Å²) >= 11 is 7.37. The Morgan fingerprint density at radius 3 is 2.79 bits per heavy atom. The minimum atomic E-state index is -0.328. The van der Waals surface area contributed by atoms with Gasteiger partial charge in [0.05, 0.1) is 17.7 Å². The third-order valence-electron chi connectivity index (χ3n) is 5.18. The van der Waals surface area contributed by atoms with E-state index in [2.05, 4.69) is 16.8 Å². The highest BCUT2D eigenvalue weighted by Gasteiger charge is 2.27. The van der Waals surface area contributed by atoms with Gasteiger partial charge in [0.1, 0.15) is 12.3 Å². The highest BCUT2D eigenvalue weighted by Crippen LogP contribution is 2.29. The quantitative estimate of drug-likeness (QED) is 0.318. The first kappa shape index (κ1) is 23.8. The van der Waals surface area contributed by atoms with Gasteiger partial charge in [-0.15, -0.1) is 11.3 Å². The molecule has 6 nitrogen and oxygen atoms in total. The fourth-order valence-electron chi connectivity index (χ4n) is 3.77. The van der Waals surface area contributed by atoms with E-state index in [0.29, 0.717) is 40.1 Å². The van der Waals surface area contributed by atoms with Crippen LogP contribution >= 0.6 is 22.9 Å². The number of fused-ring (bicyclic) bond motifs is 1. The Kier molecular flexibility index (Phi) is 6.92. The van der Waals surface area contributed by atoms with Gasteiger partial charge in [-0.2, -0.15) is 8.97 Å². The molecule has 3 aromatic heterocycles. The molecular formula is C26H25ClN3O3S+. The van der Waals surface area contributed by atoms with Gasteiger partial charge in [0.25, 0.3) is 11.5 Å². The molecule has 0 atom stereocenters. The van der Waals surface area contributed by atoms with Gasteiger partial charge >= 0.3 is 5.56 Å². The molecule has 4 rings (SSSR count). The Morgan fingerprint density at radius 2 is 2.12 bits per heavy atom. The summed E-state index contributed by atoms with van der Waals surface area (Å²) in [5, 5.41) is 11.5. The topological polar surface area (TPSA) is 67.7 Å². The molecule has 0 aliphatic rings. The standard InChI is InChI=1S/C26H24ClN3O3S/c1-5-33-20-12-18(9-8-16(2)3)11-19(13-20)22-24(31)29-10-6-7-17(4)23(29)30(25(22)32)15-21-14-28-26(27)34-21/h6-7,10-14,16H,5,15H2,1-4H3/p+1. The predicted molar refractivity (Wildman–Crippen MR) is 135 cm³/mol. The van der Waals surface area contributed by atoms with E-state index in [9.17, 15) is 9.90 Å². The summed E-state index contributed by atoms with van der Waals surface area (Å²) in [5.74, 6) is 6.93. The van der Waals surface area contributed by atoms with Crippen molar-refractivity contribution in [2.45, 2.75) is 34.2 Å². The number of halogens is 1. The molecule has 174 valence electrons. The van der Waals surface area contributed by atoms with Crippen LogP contribution in [0.4, 0.5) is 0 Å². The van der Waals surface area contributed by atoms with Gasteiger partial charge in [-0.3, -0.25) is 0 Å². The summed E-state index contributed by atoms with van der Waals surface area (Å²) in [6.45, 7) is 8.60. The van der Waals surface area contributed by atoms with Crippen LogP contribution in [0.2, 0.25) is 4.47 Å². The number of ether oxygens (including phenoxy) is 1. The first-order chi connectivity index (χ1) is 16.3. The maximum atomic E-state index is 13.6. The Labute approximate surface area is 207 Å². The van der Waals surface area contributed by atoms with Crippen molar-refractivity contribution in [3.05, 3.63) is 73.6 Å². The molecule has 0 aliphatic carbocycles.